The van der Waals surface area contributed by atoms with E-state index in [4.69, 9.17) is 11.6 Å². The standard InChI is InChI=1S/C14H16BrClN2S/c1-14(2,3)13-18-10(8-19-13)7-17-9-4-5-12(16)11(15)6-9/h4-6,8,17H,7H2,1-3H3. The summed E-state index contributed by atoms with van der Waals surface area (Å²) in [6, 6.07) is 5.80. The zero-order valence-electron chi connectivity index (χ0n) is 11.1. The van der Waals surface area contributed by atoms with Crippen LogP contribution in [0, 0.1) is 0 Å². The lowest BCUT2D eigenvalue weighted by Gasteiger charge is -2.13. The van der Waals surface area contributed by atoms with Gasteiger partial charge in [-0.05, 0) is 34.1 Å². The fraction of sp³-hybridized carbons (Fsp3) is 0.357. The number of rotatable bonds is 3. The first-order valence-electron chi connectivity index (χ1n) is 6.00. The average Bonchev–Trinajstić information content (AvgIpc) is 2.79. The topological polar surface area (TPSA) is 24.9 Å². The number of hydrogen-bond donors (Lipinski definition) is 1. The van der Waals surface area contributed by atoms with Crippen molar-refractivity contribution in [3.8, 4) is 0 Å². The van der Waals surface area contributed by atoms with Crippen molar-refractivity contribution in [3.63, 3.8) is 0 Å². The van der Waals surface area contributed by atoms with Crippen molar-refractivity contribution in [2.45, 2.75) is 32.7 Å². The summed E-state index contributed by atoms with van der Waals surface area (Å²) in [5.74, 6) is 0. The Kier molecular flexibility index (Phi) is 4.54. The van der Waals surface area contributed by atoms with Crippen molar-refractivity contribution in [1.29, 1.82) is 0 Å². The maximum Gasteiger partial charge on any atom is 0.0982 e. The monoisotopic (exact) mass is 358 g/mol. The molecule has 0 atom stereocenters. The molecule has 102 valence electrons. The normalized spacial score (nSPS) is 11.6. The Morgan fingerprint density at radius 1 is 1.37 bits per heavy atom. The Bertz CT molecular complexity index is 575. The second-order valence-corrected chi connectivity index (χ2v) is 7.50. The SMILES string of the molecule is CC(C)(C)c1nc(CNc2ccc(Cl)c(Br)c2)cs1. The third kappa shape index (κ3) is 3.94. The van der Waals surface area contributed by atoms with E-state index in [1.54, 1.807) is 11.3 Å². The fourth-order valence-electron chi connectivity index (χ4n) is 1.53. The largest absolute Gasteiger partial charge is 0.379 e. The maximum atomic E-state index is 5.97. The number of anilines is 1. The van der Waals surface area contributed by atoms with Gasteiger partial charge in [0.2, 0.25) is 0 Å². The first-order valence-corrected chi connectivity index (χ1v) is 8.05. The Morgan fingerprint density at radius 3 is 2.68 bits per heavy atom. The lowest BCUT2D eigenvalue weighted by molar-refractivity contribution is 0.583. The number of halogens is 2. The van der Waals surface area contributed by atoms with Crippen molar-refractivity contribution in [2.24, 2.45) is 0 Å². The third-order valence-electron chi connectivity index (χ3n) is 2.59. The predicted molar refractivity (Wildman–Crippen MR) is 87.3 cm³/mol. The van der Waals surface area contributed by atoms with E-state index < -0.39 is 0 Å². The molecule has 0 aliphatic rings. The van der Waals surface area contributed by atoms with Crippen LogP contribution in [0.1, 0.15) is 31.5 Å². The number of aromatic nitrogens is 1. The number of hydrogen-bond acceptors (Lipinski definition) is 3. The summed E-state index contributed by atoms with van der Waals surface area (Å²) in [4.78, 5) is 4.65. The van der Waals surface area contributed by atoms with Gasteiger partial charge < -0.3 is 5.32 Å². The van der Waals surface area contributed by atoms with Gasteiger partial charge in [-0.2, -0.15) is 0 Å². The molecule has 1 heterocycles. The lowest BCUT2D eigenvalue weighted by atomic mass is 9.98. The summed E-state index contributed by atoms with van der Waals surface area (Å²) >= 11 is 11.1. The molecule has 19 heavy (non-hydrogen) atoms. The van der Waals surface area contributed by atoms with E-state index >= 15 is 0 Å². The molecule has 0 saturated carbocycles. The molecule has 0 aliphatic carbocycles. The van der Waals surface area contributed by atoms with E-state index in [-0.39, 0.29) is 5.41 Å². The van der Waals surface area contributed by atoms with Crippen LogP contribution < -0.4 is 5.32 Å². The molecule has 1 aromatic carbocycles. The van der Waals surface area contributed by atoms with E-state index in [2.05, 4.69) is 52.4 Å². The molecule has 1 aromatic heterocycles. The molecular formula is C14H16BrClN2S. The van der Waals surface area contributed by atoms with Crippen LogP contribution in [0.4, 0.5) is 5.69 Å². The third-order valence-corrected chi connectivity index (χ3v) is 5.12. The smallest absolute Gasteiger partial charge is 0.0982 e. The molecule has 2 rings (SSSR count). The van der Waals surface area contributed by atoms with Crippen molar-refractivity contribution >= 4 is 44.6 Å². The minimum absolute atomic E-state index is 0.117. The zero-order chi connectivity index (χ0) is 14.0. The van der Waals surface area contributed by atoms with E-state index in [1.807, 2.05) is 18.2 Å². The second-order valence-electron chi connectivity index (χ2n) is 5.38. The molecule has 0 aliphatic heterocycles. The predicted octanol–water partition coefficient (Wildman–Crippen LogP) is 5.47. The van der Waals surface area contributed by atoms with Crippen LogP contribution in [0.25, 0.3) is 0 Å². The van der Waals surface area contributed by atoms with Gasteiger partial charge in [0.25, 0.3) is 0 Å². The van der Waals surface area contributed by atoms with Crippen LogP contribution in [0.15, 0.2) is 28.1 Å². The molecule has 0 amide bonds. The Balaban J connectivity index is 2.02. The van der Waals surface area contributed by atoms with Crippen molar-refractivity contribution in [2.75, 3.05) is 5.32 Å². The highest BCUT2D eigenvalue weighted by atomic mass is 79.9. The van der Waals surface area contributed by atoms with Gasteiger partial charge in [0.05, 0.1) is 22.3 Å². The maximum absolute atomic E-state index is 5.97. The molecule has 2 nitrogen and oxygen atoms in total. The van der Waals surface area contributed by atoms with Crippen molar-refractivity contribution < 1.29 is 0 Å². The molecule has 0 fully saturated rings. The van der Waals surface area contributed by atoms with Gasteiger partial charge in [-0.1, -0.05) is 32.4 Å². The minimum atomic E-state index is 0.117. The van der Waals surface area contributed by atoms with Gasteiger partial charge in [0, 0.05) is 21.0 Å². The summed E-state index contributed by atoms with van der Waals surface area (Å²) < 4.78 is 0.896. The van der Waals surface area contributed by atoms with Gasteiger partial charge in [-0.3, -0.25) is 0 Å². The zero-order valence-corrected chi connectivity index (χ0v) is 14.3. The highest BCUT2D eigenvalue weighted by Crippen LogP contribution is 2.27. The number of benzene rings is 1. The summed E-state index contributed by atoms with van der Waals surface area (Å²) in [6.45, 7) is 7.26. The molecular weight excluding hydrogens is 344 g/mol. The van der Waals surface area contributed by atoms with Crippen LogP contribution in [0.2, 0.25) is 5.02 Å². The molecule has 0 saturated heterocycles. The van der Waals surface area contributed by atoms with Gasteiger partial charge in [-0.15, -0.1) is 11.3 Å². The summed E-state index contributed by atoms with van der Waals surface area (Å²) in [6.07, 6.45) is 0. The lowest BCUT2D eigenvalue weighted by Crippen LogP contribution is -2.11. The van der Waals surface area contributed by atoms with E-state index in [1.165, 1.54) is 5.01 Å². The molecule has 0 spiro atoms. The molecule has 1 N–H and O–H groups in total. The summed E-state index contributed by atoms with van der Waals surface area (Å²) in [5, 5.41) is 7.34. The fourth-order valence-corrected chi connectivity index (χ4v) is 2.93. The summed E-state index contributed by atoms with van der Waals surface area (Å²) in [7, 11) is 0. The van der Waals surface area contributed by atoms with Crippen molar-refractivity contribution in [1.82, 2.24) is 4.98 Å². The average molecular weight is 360 g/mol. The number of thiazole rings is 1. The highest BCUT2D eigenvalue weighted by molar-refractivity contribution is 9.10. The second kappa shape index (κ2) is 5.81. The Labute approximate surface area is 131 Å². The quantitative estimate of drug-likeness (QED) is 0.786. The van der Waals surface area contributed by atoms with E-state index in [0.717, 1.165) is 22.4 Å². The van der Waals surface area contributed by atoms with E-state index in [0.29, 0.717) is 5.02 Å². The molecule has 5 heteroatoms. The van der Waals surface area contributed by atoms with Gasteiger partial charge in [-0.25, -0.2) is 4.98 Å². The first-order chi connectivity index (χ1) is 8.86. The Morgan fingerprint density at radius 2 is 2.11 bits per heavy atom. The Hall–Kier alpha value is -0.580. The molecule has 0 radical (unpaired) electrons. The van der Waals surface area contributed by atoms with Crippen LogP contribution in [-0.4, -0.2) is 4.98 Å². The summed E-state index contributed by atoms with van der Waals surface area (Å²) in [5.41, 5.74) is 2.22. The van der Waals surface area contributed by atoms with Gasteiger partial charge in [0.1, 0.15) is 0 Å². The van der Waals surface area contributed by atoms with E-state index in [9.17, 15) is 0 Å². The minimum Gasteiger partial charge on any atom is -0.379 e. The van der Waals surface area contributed by atoms with Crippen LogP contribution in [-0.2, 0) is 12.0 Å². The van der Waals surface area contributed by atoms with Crippen LogP contribution >= 0.6 is 38.9 Å². The van der Waals surface area contributed by atoms with Crippen molar-refractivity contribution in [3.05, 3.63) is 43.8 Å². The molecule has 2 aromatic rings. The molecule has 0 bridgehead atoms. The van der Waals surface area contributed by atoms with Gasteiger partial charge in [0.15, 0.2) is 0 Å². The highest BCUT2D eigenvalue weighted by Gasteiger charge is 2.17. The first kappa shape index (κ1) is 14.8. The van der Waals surface area contributed by atoms with Gasteiger partial charge >= 0.3 is 0 Å². The molecule has 0 unspecified atom stereocenters. The van der Waals surface area contributed by atoms with Crippen LogP contribution in [0.3, 0.4) is 0 Å². The van der Waals surface area contributed by atoms with Crippen LogP contribution in [0.5, 0.6) is 0 Å². The number of nitrogens with one attached hydrogen (secondary N) is 1. The number of nitrogens with zero attached hydrogens (tertiary/aromatic N) is 1.